The minimum absolute atomic E-state index is 0.0110. The van der Waals surface area contributed by atoms with Crippen LogP contribution in [0.15, 0.2) is 11.8 Å². The third-order valence-corrected chi connectivity index (χ3v) is 1.73. The molecule has 0 saturated carbocycles. The van der Waals surface area contributed by atoms with E-state index < -0.39 is 0 Å². The molecule has 0 radical (unpaired) electrons. The molecule has 0 aromatic heterocycles. The van der Waals surface area contributed by atoms with Crippen molar-refractivity contribution in [1.29, 1.82) is 0 Å². The summed E-state index contributed by atoms with van der Waals surface area (Å²) in [5.41, 5.74) is 0. The molecular formula is C9H14O3. The standard InChI is InChI=1S/C9H14O3/c1-3-8-9(11-4-2)5-7(10)6-12-8/h5,8H,3-4,6H2,1-2H3. The first-order chi connectivity index (χ1) is 5.77. The second kappa shape index (κ2) is 4.26. The molecule has 0 amide bonds. The van der Waals surface area contributed by atoms with Crippen molar-refractivity contribution >= 4 is 5.78 Å². The van der Waals surface area contributed by atoms with Crippen molar-refractivity contribution in [1.82, 2.24) is 0 Å². The van der Waals surface area contributed by atoms with Crippen molar-refractivity contribution in [2.24, 2.45) is 0 Å². The monoisotopic (exact) mass is 170 g/mol. The van der Waals surface area contributed by atoms with Gasteiger partial charge in [0.05, 0.1) is 6.61 Å². The molecule has 1 heterocycles. The van der Waals surface area contributed by atoms with Crippen LogP contribution in [0.3, 0.4) is 0 Å². The van der Waals surface area contributed by atoms with Gasteiger partial charge in [0, 0.05) is 6.08 Å². The molecule has 12 heavy (non-hydrogen) atoms. The van der Waals surface area contributed by atoms with Crippen LogP contribution < -0.4 is 0 Å². The number of carbonyl (C=O) groups is 1. The lowest BCUT2D eigenvalue weighted by molar-refractivity contribution is -0.123. The Hall–Kier alpha value is -0.830. The summed E-state index contributed by atoms with van der Waals surface area (Å²) in [4.78, 5) is 10.9. The summed E-state index contributed by atoms with van der Waals surface area (Å²) in [5.74, 6) is 0.666. The van der Waals surface area contributed by atoms with Crippen LogP contribution in [0.4, 0.5) is 0 Å². The first kappa shape index (κ1) is 9.26. The maximum Gasteiger partial charge on any atom is 0.184 e. The van der Waals surface area contributed by atoms with Gasteiger partial charge in [0.25, 0.3) is 0 Å². The van der Waals surface area contributed by atoms with Gasteiger partial charge >= 0.3 is 0 Å². The van der Waals surface area contributed by atoms with Gasteiger partial charge in [-0.2, -0.15) is 0 Å². The number of hydrogen-bond acceptors (Lipinski definition) is 3. The third kappa shape index (κ3) is 2.08. The third-order valence-electron chi connectivity index (χ3n) is 1.73. The van der Waals surface area contributed by atoms with Crippen molar-refractivity contribution in [2.45, 2.75) is 26.4 Å². The Balaban J connectivity index is 2.66. The molecule has 0 spiro atoms. The summed E-state index contributed by atoms with van der Waals surface area (Å²) >= 11 is 0. The lowest BCUT2D eigenvalue weighted by atomic mass is 10.1. The van der Waals surface area contributed by atoms with Crippen molar-refractivity contribution in [2.75, 3.05) is 13.2 Å². The molecular weight excluding hydrogens is 156 g/mol. The van der Waals surface area contributed by atoms with Gasteiger partial charge < -0.3 is 9.47 Å². The molecule has 0 aliphatic carbocycles. The van der Waals surface area contributed by atoms with E-state index in [1.54, 1.807) is 6.08 Å². The molecule has 1 atom stereocenters. The molecule has 1 rings (SSSR count). The number of rotatable bonds is 3. The second-order valence-corrected chi connectivity index (χ2v) is 2.65. The van der Waals surface area contributed by atoms with Crippen molar-refractivity contribution in [3.63, 3.8) is 0 Å². The van der Waals surface area contributed by atoms with Gasteiger partial charge in [-0.3, -0.25) is 4.79 Å². The summed E-state index contributed by atoms with van der Waals surface area (Å²) in [7, 11) is 0. The molecule has 0 bridgehead atoms. The van der Waals surface area contributed by atoms with Crippen LogP contribution in [-0.2, 0) is 14.3 Å². The van der Waals surface area contributed by atoms with Gasteiger partial charge in [0.2, 0.25) is 0 Å². The Labute approximate surface area is 72.4 Å². The highest BCUT2D eigenvalue weighted by molar-refractivity contribution is 5.92. The summed E-state index contributed by atoms with van der Waals surface area (Å²) in [6.45, 7) is 4.67. The smallest absolute Gasteiger partial charge is 0.184 e. The van der Waals surface area contributed by atoms with E-state index in [9.17, 15) is 4.79 Å². The van der Waals surface area contributed by atoms with Crippen molar-refractivity contribution in [3.05, 3.63) is 11.8 Å². The molecule has 3 nitrogen and oxygen atoms in total. The number of hydrogen-bond donors (Lipinski definition) is 0. The van der Waals surface area contributed by atoms with Crippen LogP contribution in [0, 0.1) is 0 Å². The molecule has 0 aromatic rings. The molecule has 3 heteroatoms. The minimum Gasteiger partial charge on any atom is -0.495 e. The van der Waals surface area contributed by atoms with Crippen LogP contribution in [0.25, 0.3) is 0 Å². The van der Waals surface area contributed by atoms with Crippen LogP contribution in [-0.4, -0.2) is 25.1 Å². The van der Waals surface area contributed by atoms with Crippen molar-refractivity contribution in [3.8, 4) is 0 Å². The fourth-order valence-electron chi connectivity index (χ4n) is 1.18. The van der Waals surface area contributed by atoms with E-state index in [-0.39, 0.29) is 18.5 Å². The lowest BCUT2D eigenvalue weighted by Crippen LogP contribution is -2.26. The van der Waals surface area contributed by atoms with Crippen LogP contribution in [0.5, 0.6) is 0 Å². The zero-order valence-corrected chi connectivity index (χ0v) is 7.50. The topological polar surface area (TPSA) is 35.5 Å². The summed E-state index contributed by atoms with van der Waals surface area (Å²) in [6.07, 6.45) is 2.36. The SMILES string of the molecule is CCOC1=CC(=O)COC1CC. The molecule has 68 valence electrons. The number of ether oxygens (including phenoxy) is 2. The maximum absolute atomic E-state index is 10.9. The van der Waals surface area contributed by atoms with Gasteiger partial charge in [-0.15, -0.1) is 0 Å². The van der Waals surface area contributed by atoms with E-state index in [4.69, 9.17) is 9.47 Å². The van der Waals surface area contributed by atoms with E-state index in [2.05, 4.69) is 0 Å². The first-order valence-corrected chi connectivity index (χ1v) is 4.26. The molecule has 0 fully saturated rings. The Kier molecular flexibility index (Phi) is 3.29. The number of carbonyl (C=O) groups excluding carboxylic acids is 1. The Morgan fingerprint density at radius 1 is 1.67 bits per heavy atom. The largest absolute Gasteiger partial charge is 0.495 e. The Morgan fingerprint density at radius 2 is 2.42 bits per heavy atom. The molecule has 0 N–H and O–H groups in total. The van der Waals surface area contributed by atoms with Gasteiger partial charge in [-0.25, -0.2) is 0 Å². The quantitative estimate of drug-likeness (QED) is 0.640. The summed E-state index contributed by atoms with van der Waals surface area (Å²) in [6, 6.07) is 0. The zero-order valence-electron chi connectivity index (χ0n) is 7.50. The first-order valence-electron chi connectivity index (χ1n) is 4.26. The van der Waals surface area contributed by atoms with E-state index in [1.807, 2.05) is 13.8 Å². The van der Waals surface area contributed by atoms with Gasteiger partial charge in [-0.1, -0.05) is 6.92 Å². The molecule has 0 saturated heterocycles. The van der Waals surface area contributed by atoms with E-state index >= 15 is 0 Å². The summed E-state index contributed by atoms with van der Waals surface area (Å²) < 4.78 is 10.5. The van der Waals surface area contributed by atoms with Gasteiger partial charge in [0.1, 0.15) is 18.5 Å². The van der Waals surface area contributed by atoms with Crippen LogP contribution in [0.2, 0.25) is 0 Å². The fraction of sp³-hybridized carbons (Fsp3) is 0.667. The van der Waals surface area contributed by atoms with E-state index in [0.29, 0.717) is 12.4 Å². The average Bonchev–Trinajstić information content (AvgIpc) is 2.05. The predicted octanol–water partition coefficient (Wildman–Crippen LogP) is 1.28. The fourth-order valence-corrected chi connectivity index (χ4v) is 1.18. The Morgan fingerprint density at radius 3 is 3.00 bits per heavy atom. The minimum atomic E-state index is -0.0253. The molecule has 1 unspecified atom stereocenters. The van der Waals surface area contributed by atoms with Gasteiger partial charge in [0.15, 0.2) is 5.78 Å². The number of ketones is 1. The van der Waals surface area contributed by atoms with E-state index in [0.717, 1.165) is 6.42 Å². The molecule has 0 aromatic carbocycles. The second-order valence-electron chi connectivity index (χ2n) is 2.65. The average molecular weight is 170 g/mol. The molecule has 1 aliphatic heterocycles. The highest BCUT2D eigenvalue weighted by Crippen LogP contribution is 2.16. The lowest BCUT2D eigenvalue weighted by Gasteiger charge is -2.22. The zero-order chi connectivity index (χ0) is 8.97. The van der Waals surface area contributed by atoms with Crippen LogP contribution >= 0.6 is 0 Å². The van der Waals surface area contributed by atoms with Crippen LogP contribution in [0.1, 0.15) is 20.3 Å². The predicted molar refractivity (Wildman–Crippen MR) is 44.7 cm³/mol. The maximum atomic E-state index is 10.9. The highest BCUT2D eigenvalue weighted by Gasteiger charge is 2.21. The van der Waals surface area contributed by atoms with E-state index in [1.165, 1.54) is 0 Å². The summed E-state index contributed by atoms with van der Waals surface area (Å²) in [5, 5.41) is 0. The normalized spacial score (nSPS) is 23.7. The Bertz CT molecular complexity index is 196. The molecule has 1 aliphatic rings. The van der Waals surface area contributed by atoms with Gasteiger partial charge in [-0.05, 0) is 13.3 Å². The van der Waals surface area contributed by atoms with Crippen molar-refractivity contribution < 1.29 is 14.3 Å². The highest BCUT2D eigenvalue weighted by atomic mass is 16.5.